The normalized spacial score (nSPS) is 19.3. The third-order valence-electron chi connectivity index (χ3n) is 5.11. The summed E-state index contributed by atoms with van der Waals surface area (Å²) in [6.45, 7) is 0.621. The first kappa shape index (κ1) is 17.4. The molecule has 0 unspecified atom stereocenters. The standard InChI is InChI=1S/C18H26N2O3S/c1-24(22,23)20(16-10-3-2-4-11-16)14-18(21)19-13-7-9-15-8-5-6-12-17(15)19/h5-6,8,12,16H,2-4,7,9-11,13-14H2,1H3. The molecule has 0 radical (unpaired) electrons. The van der Waals surface area contributed by atoms with Gasteiger partial charge in [0.05, 0.1) is 12.8 Å². The minimum absolute atomic E-state index is 0.0299. The highest BCUT2D eigenvalue weighted by atomic mass is 32.2. The van der Waals surface area contributed by atoms with Crippen molar-refractivity contribution in [3.05, 3.63) is 29.8 Å². The van der Waals surface area contributed by atoms with Gasteiger partial charge in [-0.15, -0.1) is 0 Å². The molecule has 0 bridgehead atoms. The van der Waals surface area contributed by atoms with Gasteiger partial charge in [0.15, 0.2) is 0 Å². The van der Waals surface area contributed by atoms with E-state index in [1.54, 1.807) is 4.90 Å². The summed E-state index contributed by atoms with van der Waals surface area (Å²) in [7, 11) is -3.39. The van der Waals surface area contributed by atoms with Crippen LogP contribution in [0.2, 0.25) is 0 Å². The highest BCUT2D eigenvalue weighted by Crippen LogP contribution is 2.28. The lowest BCUT2D eigenvalue weighted by molar-refractivity contribution is -0.119. The first-order valence-electron chi connectivity index (χ1n) is 8.82. The van der Waals surface area contributed by atoms with Gasteiger partial charge in [-0.25, -0.2) is 8.42 Å². The van der Waals surface area contributed by atoms with Crippen LogP contribution in [0.3, 0.4) is 0 Å². The van der Waals surface area contributed by atoms with Crippen LogP contribution in [0, 0.1) is 0 Å². The summed E-state index contributed by atoms with van der Waals surface area (Å²) in [6, 6.07) is 7.89. The lowest BCUT2D eigenvalue weighted by atomic mass is 9.95. The molecule has 0 saturated heterocycles. The van der Waals surface area contributed by atoms with E-state index in [0.29, 0.717) is 6.54 Å². The Morgan fingerprint density at radius 1 is 1.17 bits per heavy atom. The molecule has 1 saturated carbocycles. The second kappa shape index (κ2) is 7.23. The Hall–Kier alpha value is -1.40. The Bertz CT molecular complexity index is 696. The number of rotatable bonds is 4. The molecule has 1 heterocycles. The average molecular weight is 350 g/mol. The quantitative estimate of drug-likeness (QED) is 0.838. The first-order valence-corrected chi connectivity index (χ1v) is 10.7. The van der Waals surface area contributed by atoms with E-state index in [0.717, 1.165) is 50.6 Å². The molecule has 5 nitrogen and oxygen atoms in total. The van der Waals surface area contributed by atoms with Gasteiger partial charge in [-0.3, -0.25) is 4.79 Å². The summed E-state index contributed by atoms with van der Waals surface area (Å²) in [6.07, 6.45) is 8.06. The minimum atomic E-state index is -3.39. The van der Waals surface area contributed by atoms with Crippen molar-refractivity contribution in [3.8, 4) is 0 Å². The van der Waals surface area contributed by atoms with E-state index in [9.17, 15) is 13.2 Å². The zero-order valence-electron chi connectivity index (χ0n) is 14.3. The topological polar surface area (TPSA) is 57.7 Å². The van der Waals surface area contributed by atoms with E-state index >= 15 is 0 Å². The predicted octanol–water partition coefficient (Wildman–Crippen LogP) is 2.56. The summed E-state index contributed by atoms with van der Waals surface area (Å²) < 4.78 is 25.9. The van der Waals surface area contributed by atoms with Crippen molar-refractivity contribution in [1.29, 1.82) is 0 Å². The Morgan fingerprint density at radius 3 is 2.58 bits per heavy atom. The zero-order valence-corrected chi connectivity index (χ0v) is 15.1. The highest BCUT2D eigenvalue weighted by Gasteiger charge is 2.32. The number of aryl methyl sites for hydroxylation is 1. The van der Waals surface area contributed by atoms with Crippen LogP contribution in [-0.4, -0.2) is 44.0 Å². The van der Waals surface area contributed by atoms with Gasteiger partial charge < -0.3 is 4.90 Å². The first-order chi connectivity index (χ1) is 11.5. The minimum Gasteiger partial charge on any atom is -0.311 e. The third kappa shape index (κ3) is 3.81. The summed E-state index contributed by atoms with van der Waals surface area (Å²) in [5, 5.41) is 0. The highest BCUT2D eigenvalue weighted by molar-refractivity contribution is 7.88. The van der Waals surface area contributed by atoms with Crippen molar-refractivity contribution in [1.82, 2.24) is 4.31 Å². The molecule has 3 rings (SSSR count). The molecule has 0 atom stereocenters. The summed E-state index contributed by atoms with van der Waals surface area (Å²) in [5.41, 5.74) is 2.10. The van der Waals surface area contributed by atoms with Crippen LogP contribution in [0.5, 0.6) is 0 Å². The molecule has 132 valence electrons. The maximum Gasteiger partial charge on any atom is 0.242 e. The van der Waals surface area contributed by atoms with Gasteiger partial charge in [0, 0.05) is 18.3 Å². The third-order valence-corrected chi connectivity index (χ3v) is 6.39. The van der Waals surface area contributed by atoms with E-state index in [-0.39, 0.29) is 18.5 Å². The summed E-state index contributed by atoms with van der Waals surface area (Å²) in [4.78, 5) is 14.6. The fourth-order valence-corrected chi connectivity index (χ4v) is 4.99. The van der Waals surface area contributed by atoms with Gasteiger partial charge in [-0.1, -0.05) is 37.5 Å². The van der Waals surface area contributed by atoms with Crippen LogP contribution in [0.4, 0.5) is 5.69 Å². The maximum absolute atomic E-state index is 12.9. The maximum atomic E-state index is 12.9. The van der Waals surface area contributed by atoms with Crippen molar-refractivity contribution >= 4 is 21.6 Å². The molecule has 1 aliphatic carbocycles. The Morgan fingerprint density at radius 2 is 1.88 bits per heavy atom. The molecule has 1 amide bonds. The average Bonchev–Trinajstić information content (AvgIpc) is 2.58. The molecule has 1 fully saturated rings. The molecule has 1 aromatic carbocycles. The number of anilines is 1. The molecule has 6 heteroatoms. The van der Waals surface area contributed by atoms with Crippen LogP contribution >= 0.6 is 0 Å². The number of hydrogen-bond acceptors (Lipinski definition) is 3. The van der Waals surface area contributed by atoms with Crippen LogP contribution in [0.1, 0.15) is 44.1 Å². The Kier molecular flexibility index (Phi) is 5.25. The number of carbonyl (C=O) groups is 1. The van der Waals surface area contributed by atoms with Crippen LogP contribution in [0.25, 0.3) is 0 Å². The fraction of sp³-hybridized carbons (Fsp3) is 0.611. The Labute approximate surface area is 144 Å². The molecule has 1 aliphatic heterocycles. The van der Waals surface area contributed by atoms with Crippen molar-refractivity contribution in [2.75, 3.05) is 24.2 Å². The number of sulfonamides is 1. The number of nitrogens with zero attached hydrogens (tertiary/aromatic N) is 2. The van der Waals surface area contributed by atoms with E-state index in [4.69, 9.17) is 0 Å². The molecule has 24 heavy (non-hydrogen) atoms. The second-order valence-electron chi connectivity index (χ2n) is 6.88. The monoisotopic (exact) mass is 350 g/mol. The largest absolute Gasteiger partial charge is 0.311 e. The summed E-state index contributed by atoms with van der Waals surface area (Å²) in [5.74, 6) is -0.113. The molecule has 0 spiro atoms. The zero-order chi connectivity index (χ0) is 17.2. The van der Waals surface area contributed by atoms with Crippen molar-refractivity contribution < 1.29 is 13.2 Å². The van der Waals surface area contributed by atoms with E-state index < -0.39 is 10.0 Å². The number of amides is 1. The second-order valence-corrected chi connectivity index (χ2v) is 8.81. The van der Waals surface area contributed by atoms with Crippen LogP contribution in [0.15, 0.2) is 24.3 Å². The molecular formula is C18H26N2O3S. The van der Waals surface area contributed by atoms with Gasteiger partial charge in [0.2, 0.25) is 15.9 Å². The molecule has 0 aromatic heterocycles. The van der Waals surface area contributed by atoms with Gasteiger partial charge in [-0.05, 0) is 37.3 Å². The molecule has 1 aromatic rings. The number of hydrogen-bond donors (Lipinski definition) is 0. The Balaban J connectivity index is 1.79. The van der Waals surface area contributed by atoms with E-state index in [2.05, 4.69) is 0 Å². The fourth-order valence-electron chi connectivity index (χ4n) is 3.90. The van der Waals surface area contributed by atoms with Gasteiger partial charge in [0.1, 0.15) is 0 Å². The van der Waals surface area contributed by atoms with Gasteiger partial charge >= 0.3 is 0 Å². The van der Waals surface area contributed by atoms with Gasteiger partial charge in [-0.2, -0.15) is 4.31 Å². The number of benzene rings is 1. The molecule has 2 aliphatic rings. The van der Waals surface area contributed by atoms with E-state index in [1.165, 1.54) is 16.1 Å². The van der Waals surface area contributed by atoms with Crippen molar-refractivity contribution in [2.24, 2.45) is 0 Å². The number of para-hydroxylation sites is 1. The van der Waals surface area contributed by atoms with Crippen LogP contribution < -0.4 is 4.90 Å². The van der Waals surface area contributed by atoms with E-state index in [1.807, 2.05) is 24.3 Å². The lowest BCUT2D eigenvalue weighted by Crippen LogP contribution is -2.48. The number of carbonyl (C=O) groups excluding carboxylic acids is 1. The number of fused-ring (bicyclic) bond motifs is 1. The summed E-state index contributed by atoms with van der Waals surface area (Å²) >= 11 is 0. The van der Waals surface area contributed by atoms with Gasteiger partial charge in [0.25, 0.3) is 0 Å². The SMILES string of the molecule is CS(=O)(=O)N(CC(=O)N1CCCc2ccccc21)C1CCCCC1. The van der Waals surface area contributed by atoms with Crippen molar-refractivity contribution in [2.45, 2.75) is 51.0 Å². The molecule has 0 N–H and O–H groups in total. The smallest absolute Gasteiger partial charge is 0.242 e. The van der Waals surface area contributed by atoms with Crippen LogP contribution in [-0.2, 0) is 21.2 Å². The van der Waals surface area contributed by atoms with Crippen molar-refractivity contribution in [3.63, 3.8) is 0 Å². The predicted molar refractivity (Wildman–Crippen MR) is 95.5 cm³/mol. The molecular weight excluding hydrogens is 324 g/mol. The lowest BCUT2D eigenvalue weighted by Gasteiger charge is -2.35.